The van der Waals surface area contributed by atoms with E-state index in [1.807, 2.05) is 43.3 Å². The maximum Gasteiger partial charge on any atom is 0.242 e. The van der Waals surface area contributed by atoms with Gasteiger partial charge in [0.25, 0.3) is 0 Å². The van der Waals surface area contributed by atoms with Crippen molar-refractivity contribution in [2.24, 2.45) is 0 Å². The van der Waals surface area contributed by atoms with Gasteiger partial charge in [-0.25, -0.2) is 0 Å². The van der Waals surface area contributed by atoms with Gasteiger partial charge in [0.15, 0.2) is 0 Å². The van der Waals surface area contributed by atoms with Crippen LogP contribution in [0.25, 0.3) is 22.2 Å². The molecule has 126 valence electrons. The molecule has 1 heterocycles. The first-order valence-corrected chi connectivity index (χ1v) is 8.38. The molecule has 0 aliphatic rings. The van der Waals surface area contributed by atoms with E-state index in [0.29, 0.717) is 6.42 Å². The molecule has 0 saturated heterocycles. The van der Waals surface area contributed by atoms with E-state index in [2.05, 4.69) is 34.9 Å². The smallest absolute Gasteiger partial charge is 0.242 e. The van der Waals surface area contributed by atoms with Gasteiger partial charge in [-0.15, -0.1) is 0 Å². The number of likely N-dealkylation sites (N-methyl/N-ethyl adjacent to an activating group) is 1. The van der Waals surface area contributed by atoms with Gasteiger partial charge in [0.1, 0.15) is 6.54 Å². The highest BCUT2D eigenvalue weighted by Crippen LogP contribution is 2.28. The number of amides is 1. The van der Waals surface area contributed by atoms with Crippen LogP contribution in [-0.4, -0.2) is 28.5 Å². The van der Waals surface area contributed by atoms with Gasteiger partial charge < -0.3 is 9.47 Å². The molecule has 0 bridgehead atoms. The number of para-hydroxylation sites is 1. The number of hydrogen-bond acceptors (Lipinski definition) is 2. The minimum atomic E-state index is -0.0977. The summed E-state index contributed by atoms with van der Waals surface area (Å²) < 4.78 is 2.06. The summed E-state index contributed by atoms with van der Waals surface area (Å²) in [7, 11) is 1.76. The van der Waals surface area contributed by atoms with Crippen molar-refractivity contribution in [2.45, 2.75) is 25.9 Å². The Bertz CT molecular complexity index is 921. The van der Waals surface area contributed by atoms with Crippen LogP contribution in [0.1, 0.15) is 13.3 Å². The second kappa shape index (κ2) is 7.23. The van der Waals surface area contributed by atoms with E-state index in [4.69, 9.17) is 5.26 Å². The molecule has 1 atom stereocenters. The van der Waals surface area contributed by atoms with E-state index in [9.17, 15) is 4.79 Å². The molecule has 2 aromatic carbocycles. The highest BCUT2D eigenvalue weighted by molar-refractivity contribution is 5.89. The third-order valence-corrected chi connectivity index (χ3v) is 4.61. The van der Waals surface area contributed by atoms with Gasteiger partial charge in [0, 0.05) is 29.7 Å². The van der Waals surface area contributed by atoms with Crippen molar-refractivity contribution in [2.75, 3.05) is 7.05 Å². The summed E-state index contributed by atoms with van der Waals surface area (Å²) in [5, 5.41) is 9.98. The highest BCUT2D eigenvalue weighted by Gasteiger charge is 2.19. The lowest BCUT2D eigenvalue weighted by Gasteiger charge is -2.24. The van der Waals surface area contributed by atoms with Gasteiger partial charge in [-0.1, -0.05) is 48.5 Å². The van der Waals surface area contributed by atoms with E-state index in [-0.39, 0.29) is 18.5 Å². The minimum Gasteiger partial charge on any atom is -0.340 e. The number of carbonyl (C=O) groups is 1. The predicted octanol–water partition coefficient (Wildman–Crippen LogP) is 4.07. The summed E-state index contributed by atoms with van der Waals surface area (Å²) in [6.07, 6.45) is 0.334. The largest absolute Gasteiger partial charge is 0.340 e. The molecule has 0 N–H and O–H groups in total. The predicted molar refractivity (Wildman–Crippen MR) is 99.8 cm³/mol. The van der Waals surface area contributed by atoms with Crippen LogP contribution >= 0.6 is 0 Å². The molecule has 4 heteroatoms. The summed E-state index contributed by atoms with van der Waals surface area (Å²) >= 11 is 0. The fourth-order valence-corrected chi connectivity index (χ4v) is 2.99. The first-order chi connectivity index (χ1) is 12.1. The van der Waals surface area contributed by atoms with Crippen molar-refractivity contribution in [1.82, 2.24) is 9.47 Å². The van der Waals surface area contributed by atoms with Crippen LogP contribution in [0, 0.1) is 11.3 Å². The van der Waals surface area contributed by atoms with Crippen LogP contribution < -0.4 is 0 Å². The van der Waals surface area contributed by atoms with E-state index in [1.165, 1.54) is 0 Å². The summed E-state index contributed by atoms with van der Waals surface area (Å²) in [5.74, 6) is 0.00119. The number of benzene rings is 2. The van der Waals surface area contributed by atoms with Crippen LogP contribution in [0.2, 0.25) is 0 Å². The Morgan fingerprint density at radius 2 is 1.84 bits per heavy atom. The Labute approximate surface area is 147 Å². The molecule has 0 spiro atoms. The molecule has 3 aromatic rings. The zero-order chi connectivity index (χ0) is 17.8. The fraction of sp³-hybridized carbons (Fsp3) is 0.238. The van der Waals surface area contributed by atoms with Crippen molar-refractivity contribution in [1.29, 1.82) is 5.26 Å². The molecule has 0 aliphatic carbocycles. The van der Waals surface area contributed by atoms with Gasteiger partial charge in [-0.05, 0) is 24.6 Å². The average molecular weight is 331 g/mol. The zero-order valence-corrected chi connectivity index (χ0v) is 14.5. The lowest BCUT2D eigenvalue weighted by atomic mass is 10.1. The third-order valence-electron chi connectivity index (χ3n) is 4.61. The van der Waals surface area contributed by atoms with Crippen molar-refractivity contribution >= 4 is 16.8 Å². The van der Waals surface area contributed by atoms with Crippen LogP contribution in [0.15, 0.2) is 60.7 Å². The summed E-state index contributed by atoms with van der Waals surface area (Å²) in [5.41, 5.74) is 3.15. The van der Waals surface area contributed by atoms with E-state index < -0.39 is 0 Å². The first-order valence-electron chi connectivity index (χ1n) is 8.38. The van der Waals surface area contributed by atoms with E-state index >= 15 is 0 Å². The maximum absolute atomic E-state index is 12.7. The SMILES string of the molecule is CC(CC#N)N(C)C(=O)Cn1c(-c2ccccc2)cc2ccccc21. The zero-order valence-electron chi connectivity index (χ0n) is 14.5. The molecule has 25 heavy (non-hydrogen) atoms. The normalized spacial score (nSPS) is 11.9. The quantitative estimate of drug-likeness (QED) is 0.707. The van der Waals surface area contributed by atoms with Gasteiger partial charge >= 0.3 is 0 Å². The molecular formula is C21H21N3O. The molecule has 0 radical (unpaired) electrons. The van der Waals surface area contributed by atoms with Crippen molar-refractivity contribution in [3.8, 4) is 17.3 Å². The Kier molecular flexibility index (Phi) is 4.85. The standard InChI is InChI=1S/C21H21N3O/c1-16(12-13-22)23(2)21(25)15-24-19-11-7-6-10-18(19)14-20(24)17-8-4-3-5-9-17/h3-11,14,16H,12,15H2,1-2H3. The number of hydrogen-bond donors (Lipinski definition) is 0. The van der Waals surface area contributed by atoms with Crippen molar-refractivity contribution < 1.29 is 4.79 Å². The molecule has 0 fully saturated rings. The van der Waals surface area contributed by atoms with E-state index in [1.54, 1.807) is 11.9 Å². The van der Waals surface area contributed by atoms with Crippen LogP contribution in [0.5, 0.6) is 0 Å². The first kappa shape index (κ1) is 16.8. The second-order valence-corrected chi connectivity index (χ2v) is 6.26. The van der Waals surface area contributed by atoms with Crippen LogP contribution in [-0.2, 0) is 11.3 Å². The van der Waals surface area contributed by atoms with Gasteiger partial charge in [-0.2, -0.15) is 5.26 Å². The molecule has 0 aliphatic heterocycles. The third kappa shape index (κ3) is 3.41. The molecule has 4 nitrogen and oxygen atoms in total. The lowest BCUT2D eigenvalue weighted by molar-refractivity contribution is -0.132. The highest BCUT2D eigenvalue weighted by atomic mass is 16.2. The molecule has 0 saturated carbocycles. The van der Waals surface area contributed by atoms with Gasteiger partial charge in [-0.3, -0.25) is 4.79 Å². The monoisotopic (exact) mass is 331 g/mol. The number of nitrogens with zero attached hydrogens (tertiary/aromatic N) is 3. The van der Waals surface area contributed by atoms with Gasteiger partial charge in [0.2, 0.25) is 5.91 Å². The summed E-state index contributed by atoms with van der Waals surface area (Å²) in [4.78, 5) is 14.4. The molecule has 1 unspecified atom stereocenters. The maximum atomic E-state index is 12.7. The van der Waals surface area contributed by atoms with Crippen LogP contribution in [0.4, 0.5) is 0 Å². The Morgan fingerprint density at radius 3 is 2.56 bits per heavy atom. The molecule has 1 amide bonds. The van der Waals surface area contributed by atoms with E-state index in [0.717, 1.165) is 22.2 Å². The number of nitriles is 1. The van der Waals surface area contributed by atoms with Crippen LogP contribution in [0.3, 0.4) is 0 Å². The number of carbonyl (C=O) groups excluding carboxylic acids is 1. The Balaban J connectivity index is 2.00. The topological polar surface area (TPSA) is 49.0 Å². The number of aromatic nitrogens is 1. The Hall–Kier alpha value is -3.06. The van der Waals surface area contributed by atoms with Crippen molar-refractivity contribution in [3.63, 3.8) is 0 Å². The second-order valence-electron chi connectivity index (χ2n) is 6.26. The molecule has 1 aromatic heterocycles. The average Bonchev–Trinajstić information content (AvgIpc) is 3.00. The number of fused-ring (bicyclic) bond motifs is 1. The molecular weight excluding hydrogens is 310 g/mol. The van der Waals surface area contributed by atoms with Crippen molar-refractivity contribution in [3.05, 3.63) is 60.7 Å². The molecule has 3 rings (SSSR count). The Morgan fingerprint density at radius 1 is 1.16 bits per heavy atom. The minimum absolute atomic E-state index is 0.00119. The van der Waals surface area contributed by atoms with Gasteiger partial charge in [0.05, 0.1) is 12.5 Å². The number of rotatable bonds is 5. The summed E-state index contributed by atoms with van der Waals surface area (Å²) in [6, 6.07) is 22.3. The summed E-state index contributed by atoms with van der Waals surface area (Å²) in [6.45, 7) is 2.15. The lowest BCUT2D eigenvalue weighted by Crippen LogP contribution is -2.37. The fourth-order valence-electron chi connectivity index (χ4n) is 2.99.